The summed E-state index contributed by atoms with van der Waals surface area (Å²) < 4.78 is 2.43. The fourth-order valence-corrected chi connectivity index (χ4v) is 6.65. The Morgan fingerprint density at radius 2 is 1.81 bits per heavy atom. The molecule has 1 aliphatic carbocycles. The van der Waals surface area contributed by atoms with E-state index in [-0.39, 0.29) is 6.04 Å². The standard InChI is InChI=1S/C35H35N7/c1-5-32-37-33-23(4)19-30(22(3)18-24-10-8-9-21(2)17-24)36-35(33)42(32)31-16-14-26-20-25(13-15-28(26)31)27-11-6-7-12-29(27)34-38-40-41-39-34/h6-13,15,17,19-20,22,31H,5,14,16,18H2,1-4H3,(H,38,39,40,41)/t22?,31-/m0/s1. The molecule has 1 N–H and O–H groups in total. The first kappa shape index (κ1) is 26.3. The molecule has 3 heterocycles. The van der Waals surface area contributed by atoms with E-state index >= 15 is 0 Å². The van der Waals surface area contributed by atoms with Gasteiger partial charge in [0.05, 0.1) is 6.04 Å². The highest BCUT2D eigenvalue weighted by atomic mass is 15.5. The molecule has 0 fully saturated rings. The zero-order valence-corrected chi connectivity index (χ0v) is 24.6. The minimum Gasteiger partial charge on any atom is -0.305 e. The number of imidazole rings is 1. The highest BCUT2D eigenvalue weighted by molar-refractivity contribution is 5.81. The summed E-state index contributed by atoms with van der Waals surface area (Å²) in [5.74, 6) is 2.02. The minimum atomic E-state index is 0.218. The SMILES string of the molecule is CCc1nc2c(C)cc(C(C)Cc3cccc(C)c3)nc2n1[C@H]1CCc2cc(-c3ccccc3-c3nn[nH]n3)ccc21. The third kappa shape index (κ3) is 4.59. The number of pyridine rings is 1. The van der Waals surface area contributed by atoms with Gasteiger partial charge >= 0.3 is 0 Å². The maximum Gasteiger partial charge on any atom is 0.205 e. The average Bonchev–Trinajstić information content (AvgIpc) is 3.75. The van der Waals surface area contributed by atoms with E-state index in [2.05, 4.69) is 114 Å². The number of H-pyrrole nitrogens is 1. The number of tetrazole rings is 1. The van der Waals surface area contributed by atoms with Crippen LogP contribution in [0.2, 0.25) is 0 Å². The van der Waals surface area contributed by atoms with Crippen molar-refractivity contribution >= 4 is 11.2 Å². The predicted octanol–water partition coefficient (Wildman–Crippen LogP) is 7.34. The van der Waals surface area contributed by atoms with Crippen molar-refractivity contribution in [3.63, 3.8) is 0 Å². The van der Waals surface area contributed by atoms with Gasteiger partial charge in [-0.05, 0) is 77.8 Å². The fourth-order valence-electron chi connectivity index (χ4n) is 6.65. The molecule has 210 valence electrons. The highest BCUT2D eigenvalue weighted by Crippen LogP contribution is 2.41. The van der Waals surface area contributed by atoms with Gasteiger partial charge in [0, 0.05) is 23.6 Å². The Hall–Kier alpha value is -4.65. The smallest absolute Gasteiger partial charge is 0.205 e. The van der Waals surface area contributed by atoms with Crippen LogP contribution in [-0.4, -0.2) is 35.2 Å². The van der Waals surface area contributed by atoms with E-state index < -0.39 is 0 Å². The normalized spacial score (nSPS) is 15.3. The summed E-state index contributed by atoms with van der Waals surface area (Å²) in [6.45, 7) is 8.82. The summed E-state index contributed by atoms with van der Waals surface area (Å²) in [5, 5.41) is 14.8. The molecule has 0 amide bonds. The number of fused-ring (bicyclic) bond motifs is 2. The number of nitrogens with zero attached hydrogens (tertiary/aromatic N) is 6. The maximum absolute atomic E-state index is 5.32. The van der Waals surface area contributed by atoms with Crippen molar-refractivity contribution in [1.29, 1.82) is 0 Å². The van der Waals surface area contributed by atoms with Gasteiger partial charge in [-0.1, -0.05) is 86.1 Å². The zero-order valence-electron chi connectivity index (χ0n) is 24.6. The highest BCUT2D eigenvalue weighted by Gasteiger charge is 2.29. The first-order chi connectivity index (χ1) is 20.5. The number of hydrogen-bond acceptors (Lipinski definition) is 5. The zero-order chi connectivity index (χ0) is 28.8. The molecule has 0 saturated heterocycles. The van der Waals surface area contributed by atoms with Gasteiger partial charge in [0.2, 0.25) is 5.82 Å². The molecule has 0 bridgehead atoms. The third-order valence-electron chi connectivity index (χ3n) is 8.70. The van der Waals surface area contributed by atoms with E-state index in [9.17, 15) is 0 Å². The average molecular weight is 554 g/mol. The van der Waals surface area contributed by atoms with Crippen molar-refractivity contribution < 1.29 is 0 Å². The van der Waals surface area contributed by atoms with Gasteiger partial charge in [0.1, 0.15) is 11.3 Å². The summed E-state index contributed by atoms with van der Waals surface area (Å²) >= 11 is 0. The Labute approximate surface area is 246 Å². The lowest BCUT2D eigenvalue weighted by atomic mass is 9.95. The van der Waals surface area contributed by atoms with Gasteiger partial charge in [-0.2, -0.15) is 5.21 Å². The van der Waals surface area contributed by atoms with Crippen LogP contribution in [0.4, 0.5) is 0 Å². The summed E-state index contributed by atoms with van der Waals surface area (Å²) in [5.41, 5.74) is 13.0. The Morgan fingerprint density at radius 3 is 2.60 bits per heavy atom. The Morgan fingerprint density at radius 1 is 0.952 bits per heavy atom. The molecule has 7 heteroatoms. The largest absolute Gasteiger partial charge is 0.305 e. The lowest BCUT2D eigenvalue weighted by Gasteiger charge is -2.19. The maximum atomic E-state index is 5.32. The number of rotatable bonds is 7. The molecule has 3 aromatic carbocycles. The molecule has 42 heavy (non-hydrogen) atoms. The van der Waals surface area contributed by atoms with Crippen molar-refractivity contribution in [2.24, 2.45) is 0 Å². The van der Waals surface area contributed by atoms with Crippen molar-refractivity contribution in [2.75, 3.05) is 0 Å². The quantitative estimate of drug-likeness (QED) is 0.224. The van der Waals surface area contributed by atoms with Crippen LogP contribution >= 0.6 is 0 Å². The van der Waals surface area contributed by atoms with Crippen LogP contribution in [0, 0.1) is 13.8 Å². The fraction of sp³-hybridized carbons (Fsp3) is 0.286. The van der Waals surface area contributed by atoms with Crippen LogP contribution in [0.1, 0.15) is 71.6 Å². The third-order valence-corrected chi connectivity index (χ3v) is 8.70. The summed E-state index contributed by atoms with van der Waals surface area (Å²) in [7, 11) is 0. The van der Waals surface area contributed by atoms with Crippen LogP contribution in [0.5, 0.6) is 0 Å². The lowest BCUT2D eigenvalue weighted by Crippen LogP contribution is -2.12. The second kappa shape index (κ2) is 10.6. The number of benzene rings is 3. The monoisotopic (exact) mass is 553 g/mol. The van der Waals surface area contributed by atoms with Gasteiger partial charge in [0.15, 0.2) is 5.65 Å². The molecule has 0 saturated carbocycles. The van der Waals surface area contributed by atoms with E-state index in [0.717, 1.165) is 59.5 Å². The van der Waals surface area contributed by atoms with Crippen LogP contribution in [0.25, 0.3) is 33.7 Å². The molecule has 0 radical (unpaired) electrons. The number of aromatic amines is 1. The first-order valence-corrected chi connectivity index (χ1v) is 14.9. The van der Waals surface area contributed by atoms with E-state index in [4.69, 9.17) is 9.97 Å². The van der Waals surface area contributed by atoms with Crippen LogP contribution in [-0.2, 0) is 19.3 Å². The minimum absolute atomic E-state index is 0.218. The molecular formula is C35H35N7. The van der Waals surface area contributed by atoms with Crippen molar-refractivity contribution in [3.05, 3.63) is 112 Å². The number of hydrogen-bond donors (Lipinski definition) is 1. The number of aryl methyl sites for hydroxylation is 4. The Kier molecular flexibility index (Phi) is 6.65. The summed E-state index contributed by atoms with van der Waals surface area (Å²) in [4.78, 5) is 10.5. The van der Waals surface area contributed by atoms with Crippen molar-refractivity contribution in [2.45, 2.75) is 65.3 Å². The molecule has 1 aliphatic rings. The Bertz CT molecular complexity index is 1900. The topological polar surface area (TPSA) is 85.2 Å². The van der Waals surface area contributed by atoms with Gasteiger partial charge in [-0.3, -0.25) is 0 Å². The predicted molar refractivity (Wildman–Crippen MR) is 166 cm³/mol. The Balaban J connectivity index is 1.27. The molecule has 6 aromatic rings. The molecule has 2 atom stereocenters. The lowest BCUT2D eigenvalue weighted by molar-refractivity contribution is 0.565. The first-order valence-electron chi connectivity index (χ1n) is 14.9. The van der Waals surface area contributed by atoms with E-state index in [1.54, 1.807) is 0 Å². The van der Waals surface area contributed by atoms with Crippen LogP contribution in [0.3, 0.4) is 0 Å². The van der Waals surface area contributed by atoms with Gasteiger partial charge < -0.3 is 4.57 Å². The second-order valence-electron chi connectivity index (χ2n) is 11.6. The molecule has 7 nitrogen and oxygen atoms in total. The molecule has 0 spiro atoms. The number of aromatic nitrogens is 7. The van der Waals surface area contributed by atoms with Crippen LogP contribution < -0.4 is 0 Å². The summed E-state index contributed by atoms with van der Waals surface area (Å²) in [6.07, 6.45) is 3.89. The molecular weight excluding hydrogens is 518 g/mol. The number of nitrogens with one attached hydrogen (secondary N) is 1. The van der Waals surface area contributed by atoms with E-state index in [1.165, 1.54) is 33.4 Å². The van der Waals surface area contributed by atoms with Crippen molar-refractivity contribution in [3.8, 4) is 22.5 Å². The van der Waals surface area contributed by atoms with Crippen molar-refractivity contribution in [1.82, 2.24) is 35.2 Å². The van der Waals surface area contributed by atoms with Gasteiger partial charge in [0.25, 0.3) is 0 Å². The molecule has 7 rings (SSSR count). The molecule has 0 aliphatic heterocycles. The van der Waals surface area contributed by atoms with E-state index in [0.29, 0.717) is 11.7 Å². The van der Waals surface area contributed by atoms with E-state index in [1.807, 2.05) is 12.1 Å². The molecule has 3 aromatic heterocycles. The summed E-state index contributed by atoms with van der Waals surface area (Å²) in [6, 6.07) is 26.4. The molecule has 1 unspecified atom stereocenters. The van der Waals surface area contributed by atoms with Gasteiger partial charge in [-0.25, -0.2) is 9.97 Å². The van der Waals surface area contributed by atoms with Crippen LogP contribution in [0.15, 0.2) is 72.8 Å². The van der Waals surface area contributed by atoms with Gasteiger partial charge in [-0.15, -0.1) is 10.2 Å². The second-order valence-corrected chi connectivity index (χ2v) is 11.6.